The fourth-order valence-corrected chi connectivity index (χ4v) is 1.61. The van der Waals surface area contributed by atoms with Gasteiger partial charge in [-0.15, -0.1) is 0 Å². The molecule has 2 N–H and O–H groups in total. The zero-order valence-corrected chi connectivity index (χ0v) is 9.55. The minimum absolute atomic E-state index is 0.401. The van der Waals surface area contributed by atoms with Gasteiger partial charge in [0.1, 0.15) is 0 Å². The number of nitrogens with one attached hydrogen (secondary N) is 1. The highest BCUT2D eigenvalue weighted by molar-refractivity contribution is 7.83. The normalized spacial score (nSPS) is 11.5. The molecule has 0 atom stereocenters. The van der Waals surface area contributed by atoms with E-state index in [2.05, 4.69) is 0 Å². The Morgan fingerprint density at radius 2 is 1.67 bits per heavy atom. The molecule has 1 aromatic carbocycles. The number of benzene rings is 1. The molecule has 0 bridgehead atoms. The molecule has 15 heavy (non-hydrogen) atoms. The molecule has 0 radical (unpaired) electrons. The van der Waals surface area contributed by atoms with Gasteiger partial charge in [-0.05, 0) is 36.8 Å². The molecular formula is C9H13NO4S. The quantitative estimate of drug-likeness (QED) is 0.607. The average Bonchev–Trinajstić information content (AvgIpc) is 1.99. The Morgan fingerprint density at radius 3 is 2.07 bits per heavy atom. The Bertz CT molecular complexity index is 444. The van der Waals surface area contributed by atoms with Crippen molar-refractivity contribution in [3.63, 3.8) is 0 Å². The van der Waals surface area contributed by atoms with Gasteiger partial charge < -0.3 is 4.84 Å². The van der Waals surface area contributed by atoms with Crippen LogP contribution in [0.15, 0.2) is 12.1 Å². The van der Waals surface area contributed by atoms with E-state index in [1.165, 1.54) is 0 Å². The van der Waals surface area contributed by atoms with Crippen LogP contribution in [0.3, 0.4) is 0 Å². The summed E-state index contributed by atoms with van der Waals surface area (Å²) in [5.41, 5.74) is 2.65. The Labute approximate surface area is 88.9 Å². The topological polar surface area (TPSA) is 75.6 Å². The highest BCUT2D eigenvalue weighted by Crippen LogP contribution is 2.23. The van der Waals surface area contributed by atoms with Crippen LogP contribution in [0, 0.1) is 20.8 Å². The maximum absolute atomic E-state index is 10.4. The maximum Gasteiger partial charge on any atom is 0.364 e. The summed E-state index contributed by atoms with van der Waals surface area (Å²) in [5, 5.41) is 0. The van der Waals surface area contributed by atoms with Crippen molar-refractivity contribution in [2.24, 2.45) is 0 Å². The second kappa shape index (κ2) is 4.18. The van der Waals surface area contributed by atoms with Crippen LogP contribution in [0.1, 0.15) is 16.7 Å². The summed E-state index contributed by atoms with van der Waals surface area (Å²) in [6.07, 6.45) is 0. The first kappa shape index (κ1) is 12.0. The standard InChI is InChI=1S/C9H13NO4S/c1-6-4-7(2)9(8(3)5-6)14-10-15(11,12)13/h4-5,10H,1-3H3,(H,11,12,13). The van der Waals surface area contributed by atoms with E-state index in [0.29, 0.717) is 5.75 Å². The molecule has 0 aromatic heterocycles. The molecule has 84 valence electrons. The third-order valence-electron chi connectivity index (χ3n) is 1.85. The Kier molecular flexibility index (Phi) is 3.33. The fourth-order valence-electron chi connectivity index (χ4n) is 1.42. The van der Waals surface area contributed by atoms with Crippen LogP contribution >= 0.6 is 0 Å². The molecule has 5 nitrogen and oxygen atoms in total. The number of hydrogen-bond donors (Lipinski definition) is 2. The lowest BCUT2D eigenvalue weighted by Gasteiger charge is -2.11. The highest BCUT2D eigenvalue weighted by atomic mass is 32.2. The Morgan fingerprint density at radius 1 is 1.20 bits per heavy atom. The van der Waals surface area contributed by atoms with Gasteiger partial charge in [0.15, 0.2) is 5.75 Å². The molecule has 1 rings (SSSR count). The molecule has 0 aliphatic carbocycles. The second-order valence-corrected chi connectivity index (χ2v) is 4.51. The number of rotatable bonds is 3. The molecule has 1 aromatic rings. The summed E-state index contributed by atoms with van der Waals surface area (Å²) in [6, 6.07) is 3.71. The van der Waals surface area contributed by atoms with E-state index in [0.717, 1.165) is 16.7 Å². The van der Waals surface area contributed by atoms with Crippen molar-refractivity contribution >= 4 is 10.3 Å². The van der Waals surface area contributed by atoms with Crippen molar-refractivity contribution in [2.45, 2.75) is 20.8 Å². The average molecular weight is 231 g/mol. The Hall–Kier alpha value is -1.11. The van der Waals surface area contributed by atoms with Crippen LogP contribution in [-0.4, -0.2) is 13.0 Å². The largest absolute Gasteiger partial charge is 0.391 e. The van der Waals surface area contributed by atoms with E-state index >= 15 is 0 Å². The van der Waals surface area contributed by atoms with E-state index < -0.39 is 10.3 Å². The minimum Gasteiger partial charge on any atom is -0.391 e. The molecule has 0 aliphatic rings. The van der Waals surface area contributed by atoms with E-state index in [1.807, 2.05) is 19.1 Å². The predicted molar refractivity (Wildman–Crippen MR) is 56.0 cm³/mol. The van der Waals surface area contributed by atoms with Crippen LogP contribution < -0.4 is 9.72 Å². The van der Waals surface area contributed by atoms with Gasteiger partial charge in [0.25, 0.3) is 0 Å². The van der Waals surface area contributed by atoms with Crippen molar-refractivity contribution in [2.75, 3.05) is 0 Å². The van der Waals surface area contributed by atoms with Gasteiger partial charge in [-0.25, -0.2) is 0 Å². The van der Waals surface area contributed by atoms with E-state index in [4.69, 9.17) is 9.39 Å². The van der Waals surface area contributed by atoms with Gasteiger partial charge in [0.2, 0.25) is 0 Å². The molecule has 0 spiro atoms. The van der Waals surface area contributed by atoms with Crippen molar-refractivity contribution in [1.82, 2.24) is 4.89 Å². The van der Waals surface area contributed by atoms with Crippen molar-refractivity contribution in [1.29, 1.82) is 0 Å². The van der Waals surface area contributed by atoms with Gasteiger partial charge in [-0.3, -0.25) is 4.55 Å². The van der Waals surface area contributed by atoms with E-state index in [9.17, 15) is 8.42 Å². The summed E-state index contributed by atoms with van der Waals surface area (Å²) >= 11 is 0. The zero-order valence-electron chi connectivity index (χ0n) is 8.73. The predicted octanol–water partition coefficient (Wildman–Crippen LogP) is 1.30. The first-order valence-electron chi connectivity index (χ1n) is 4.28. The van der Waals surface area contributed by atoms with Crippen LogP contribution in [0.25, 0.3) is 0 Å². The van der Waals surface area contributed by atoms with Crippen LogP contribution in [0.4, 0.5) is 0 Å². The maximum atomic E-state index is 10.4. The van der Waals surface area contributed by atoms with Gasteiger partial charge in [0.05, 0.1) is 0 Å². The number of hydrogen-bond acceptors (Lipinski definition) is 3. The first-order valence-corrected chi connectivity index (χ1v) is 5.72. The molecule has 0 amide bonds. The van der Waals surface area contributed by atoms with Crippen molar-refractivity contribution < 1.29 is 17.8 Å². The molecule has 0 heterocycles. The lowest BCUT2D eigenvalue weighted by molar-refractivity contribution is 0.248. The molecule has 0 saturated carbocycles. The SMILES string of the molecule is Cc1cc(C)c(ONS(=O)(=O)O)c(C)c1. The van der Waals surface area contributed by atoms with Crippen LogP contribution in [0.5, 0.6) is 5.75 Å². The Balaban J connectivity index is 2.96. The van der Waals surface area contributed by atoms with Gasteiger partial charge in [-0.1, -0.05) is 17.7 Å². The van der Waals surface area contributed by atoms with Crippen LogP contribution in [-0.2, 0) is 10.3 Å². The lowest BCUT2D eigenvalue weighted by Crippen LogP contribution is -2.26. The molecule has 0 saturated heterocycles. The van der Waals surface area contributed by atoms with E-state index in [1.54, 1.807) is 18.7 Å². The van der Waals surface area contributed by atoms with Gasteiger partial charge in [0, 0.05) is 0 Å². The minimum atomic E-state index is -4.34. The van der Waals surface area contributed by atoms with Crippen molar-refractivity contribution in [3.05, 3.63) is 28.8 Å². The van der Waals surface area contributed by atoms with Crippen LogP contribution in [0.2, 0.25) is 0 Å². The van der Waals surface area contributed by atoms with E-state index in [-0.39, 0.29) is 0 Å². The molecule has 0 unspecified atom stereocenters. The summed E-state index contributed by atoms with van der Waals surface area (Å²) < 4.78 is 29.3. The summed E-state index contributed by atoms with van der Waals surface area (Å²) in [4.78, 5) is 6.37. The number of aryl methyl sites for hydroxylation is 3. The summed E-state index contributed by atoms with van der Waals surface area (Å²) in [6.45, 7) is 5.52. The third kappa shape index (κ3) is 3.50. The zero-order chi connectivity index (χ0) is 11.6. The summed E-state index contributed by atoms with van der Waals surface area (Å²) in [5.74, 6) is 0.401. The first-order chi connectivity index (χ1) is 6.79. The molecule has 0 aliphatic heterocycles. The van der Waals surface area contributed by atoms with Gasteiger partial charge in [-0.2, -0.15) is 8.42 Å². The summed E-state index contributed by atoms with van der Waals surface area (Å²) in [7, 11) is -4.34. The monoisotopic (exact) mass is 231 g/mol. The molecule has 0 fully saturated rings. The second-order valence-electron chi connectivity index (χ2n) is 3.39. The smallest absolute Gasteiger partial charge is 0.364 e. The van der Waals surface area contributed by atoms with Gasteiger partial charge >= 0.3 is 10.3 Å². The fraction of sp³-hybridized carbons (Fsp3) is 0.333. The molecular weight excluding hydrogens is 218 g/mol. The third-order valence-corrected chi connectivity index (χ3v) is 2.15. The highest BCUT2D eigenvalue weighted by Gasteiger charge is 2.09. The van der Waals surface area contributed by atoms with Crippen molar-refractivity contribution in [3.8, 4) is 5.75 Å². The lowest BCUT2D eigenvalue weighted by atomic mass is 10.1. The molecule has 6 heteroatoms.